The lowest BCUT2D eigenvalue weighted by Gasteiger charge is -2.12. The van der Waals surface area contributed by atoms with Crippen LogP contribution >= 0.6 is 0 Å². The van der Waals surface area contributed by atoms with E-state index in [9.17, 15) is 9.90 Å². The Bertz CT molecular complexity index is 379. The van der Waals surface area contributed by atoms with Crippen molar-refractivity contribution >= 4 is 11.8 Å². The maximum Gasteiger partial charge on any atom is 0.411 e. The van der Waals surface area contributed by atoms with Crippen molar-refractivity contribution in [2.45, 2.75) is 33.6 Å². The number of benzene rings is 1. The van der Waals surface area contributed by atoms with Gasteiger partial charge in [0.25, 0.3) is 0 Å². The van der Waals surface area contributed by atoms with E-state index in [2.05, 4.69) is 5.32 Å². The standard InChI is InChI=1S/C13H19NO3/c1-4-5-6-17-13(16)14-12-9(2)7-11(15)8-10(12)3/h7-8,15H,4-6H2,1-3H3,(H,14,16). The van der Waals surface area contributed by atoms with Gasteiger partial charge < -0.3 is 9.84 Å². The van der Waals surface area contributed by atoms with Gasteiger partial charge >= 0.3 is 6.09 Å². The fourth-order valence-corrected chi connectivity index (χ4v) is 1.59. The van der Waals surface area contributed by atoms with Gasteiger partial charge in [0.15, 0.2) is 0 Å². The smallest absolute Gasteiger partial charge is 0.411 e. The van der Waals surface area contributed by atoms with Gasteiger partial charge in [-0.1, -0.05) is 13.3 Å². The normalized spacial score (nSPS) is 10.1. The largest absolute Gasteiger partial charge is 0.508 e. The van der Waals surface area contributed by atoms with E-state index in [0.29, 0.717) is 12.3 Å². The number of phenolic OH excluding ortho intramolecular Hbond substituents is 1. The van der Waals surface area contributed by atoms with E-state index < -0.39 is 6.09 Å². The van der Waals surface area contributed by atoms with Crippen molar-refractivity contribution in [2.24, 2.45) is 0 Å². The Balaban J connectivity index is 2.65. The van der Waals surface area contributed by atoms with Gasteiger partial charge in [0, 0.05) is 0 Å². The second kappa shape index (κ2) is 6.13. The summed E-state index contributed by atoms with van der Waals surface area (Å²) in [6.07, 6.45) is 1.40. The Morgan fingerprint density at radius 2 is 1.94 bits per heavy atom. The summed E-state index contributed by atoms with van der Waals surface area (Å²) in [5.74, 6) is 0.199. The molecule has 17 heavy (non-hydrogen) atoms. The molecule has 94 valence electrons. The molecule has 4 heteroatoms. The molecule has 0 unspecified atom stereocenters. The highest BCUT2D eigenvalue weighted by atomic mass is 16.5. The number of aromatic hydroxyl groups is 1. The summed E-state index contributed by atoms with van der Waals surface area (Å²) >= 11 is 0. The number of ether oxygens (including phenoxy) is 1. The zero-order valence-electron chi connectivity index (χ0n) is 10.5. The van der Waals surface area contributed by atoms with Crippen LogP contribution in [0.3, 0.4) is 0 Å². The Labute approximate surface area is 102 Å². The number of aryl methyl sites for hydroxylation is 2. The van der Waals surface area contributed by atoms with Crippen molar-refractivity contribution in [1.82, 2.24) is 0 Å². The molecular formula is C13H19NO3. The molecule has 1 aromatic carbocycles. The molecule has 0 aliphatic rings. The van der Waals surface area contributed by atoms with E-state index in [1.54, 1.807) is 12.1 Å². The van der Waals surface area contributed by atoms with Crippen molar-refractivity contribution in [2.75, 3.05) is 11.9 Å². The topological polar surface area (TPSA) is 58.6 Å². The second-order valence-electron chi connectivity index (χ2n) is 4.07. The molecule has 0 atom stereocenters. The van der Waals surface area contributed by atoms with Crippen LogP contribution in [0.5, 0.6) is 5.75 Å². The number of amides is 1. The Hall–Kier alpha value is -1.71. The van der Waals surface area contributed by atoms with Crippen LogP contribution in [0, 0.1) is 13.8 Å². The first-order valence-corrected chi connectivity index (χ1v) is 5.78. The summed E-state index contributed by atoms with van der Waals surface area (Å²) < 4.78 is 5.01. The molecule has 0 spiro atoms. The van der Waals surface area contributed by atoms with Gasteiger partial charge in [-0.15, -0.1) is 0 Å². The number of hydrogen-bond donors (Lipinski definition) is 2. The highest BCUT2D eigenvalue weighted by Gasteiger charge is 2.09. The molecule has 0 bridgehead atoms. The molecule has 1 rings (SSSR count). The number of rotatable bonds is 4. The SMILES string of the molecule is CCCCOC(=O)Nc1c(C)cc(O)cc1C. The molecule has 1 aromatic rings. The van der Waals surface area contributed by atoms with E-state index in [4.69, 9.17) is 4.74 Å². The number of anilines is 1. The van der Waals surface area contributed by atoms with E-state index in [-0.39, 0.29) is 5.75 Å². The van der Waals surface area contributed by atoms with Gasteiger partial charge in [0.2, 0.25) is 0 Å². The number of carbonyl (C=O) groups excluding carboxylic acids is 1. The van der Waals surface area contributed by atoms with Gasteiger partial charge in [-0.05, 0) is 43.5 Å². The molecule has 0 saturated heterocycles. The third-order valence-electron chi connectivity index (χ3n) is 2.48. The summed E-state index contributed by atoms with van der Waals surface area (Å²) in [4.78, 5) is 11.5. The van der Waals surface area contributed by atoms with E-state index in [0.717, 1.165) is 24.0 Å². The van der Waals surface area contributed by atoms with E-state index in [1.807, 2.05) is 20.8 Å². The number of unbranched alkanes of at least 4 members (excludes halogenated alkanes) is 1. The summed E-state index contributed by atoms with van der Waals surface area (Å²) in [7, 11) is 0. The van der Waals surface area contributed by atoms with Crippen LogP contribution in [-0.2, 0) is 4.74 Å². The first-order chi connectivity index (χ1) is 8.04. The van der Waals surface area contributed by atoms with E-state index in [1.165, 1.54) is 0 Å². The minimum absolute atomic E-state index is 0.199. The van der Waals surface area contributed by atoms with Gasteiger partial charge in [0.05, 0.1) is 12.3 Å². The number of phenols is 1. The average Bonchev–Trinajstić information content (AvgIpc) is 2.24. The molecule has 0 aliphatic heterocycles. The first kappa shape index (κ1) is 13.4. The number of hydrogen-bond acceptors (Lipinski definition) is 3. The summed E-state index contributed by atoms with van der Waals surface area (Å²) in [5, 5.41) is 12.1. The average molecular weight is 237 g/mol. The Morgan fingerprint density at radius 1 is 1.35 bits per heavy atom. The zero-order valence-corrected chi connectivity index (χ0v) is 10.5. The lowest BCUT2D eigenvalue weighted by Crippen LogP contribution is -2.15. The summed E-state index contributed by atoms with van der Waals surface area (Å²) in [5.41, 5.74) is 2.33. The van der Waals surface area contributed by atoms with Crippen LogP contribution in [-0.4, -0.2) is 17.8 Å². The Kier molecular flexibility index (Phi) is 4.82. The molecule has 4 nitrogen and oxygen atoms in total. The molecule has 0 fully saturated rings. The fourth-order valence-electron chi connectivity index (χ4n) is 1.59. The van der Waals surface area contributed by atoms with Crippen LogP contribution in [0.2, 0.25) is 0 Å². The van der Waals surface area contributed by atoms with Gasteiger partial charge in [-0.3, -0.25) is 5.32 Å². The lowest BCUT2D eigenvalue weighted by atomic mass is 10.1. The van der Waals surface area contributed by atoms with Crippen molar-refractivity contribution in [3.05, 3.63) is 23.3 Å². The molecule has 2 N–H and O–H groups in total. The third kappa shape index (κ3) is 3.98. The predicted molar refractivity (Wildman–Crippen MR) is 67.5 cm³/mol. The molecule has 1 amide bonds. The maximum atomic E-state index is 11.5. The minimum Gasteiger partial charge on any atom is -0.508 e. The van der Waals surface area contributed by atoms with Crippen molar-refractivity contribution in [3.8, 4) is 5.75 Å². The van der Waals surface area contributed by atoms with Crippen molar-refractivity contribution < 1.29 is 14.6 Å². The van der Waals surface area contributed by atoms with Crippen molar-refractivity contribution in [1.29, 1.82) is 0 Å². The lowest BCUT2D eigenvalue weighted by molar-refractivity contribution is 0.160. The third-order valence-corrected chi connectivity index (χ3v) is 2.48. The quantitative estimate of drug-likeness (QED) is 0.623. The van der Waals surface area contributed by atoms with E-state index >= 15 is 0 Å². The van der Waals surface area contributed by atoms with Crippen LogP contribution in [0.15, 0.2) is 12.1 Å². The van der Waals surface area contributed by atoms with Gasteiger partial charge in [-0.2, -0.15) is 0 Å². The number of nitrogens with one attached hydrogen (secondary N) is 1. The molecular weight excluding hydrogens is 218 g/mol. The van der Waals surface area contributed by atoms with Crippen LogP contribution in [0.25, 0.3) is 0 Å². The maximum absolute atomic E-state index is 11.5. The first-order valence-electron chi connectivity index (χ1n) is 5.78. The highest BCUT2D eigenvalue weighted by Crippen LogP contribution is 2.25. The second-order valence-corrected chi connectivity index (χ2v) is 4.07. The molecule has 0 saturated carbocycles. The Morgan fingerprint density at radius 3 is 2.47 bits per heavy atom. The van der Waals surface area contributed by atoms with Crippen LogP contribution < -0.4 is 5.32 Å². The highest BCUT2D eigenvalue weighted by molar-refractivity contribution is 5.87. The van der Waals surface area contributed by atoms with Crippen LogP contribution in [0.4, 0.5) is 10.5 Å². The molecule has 0 heterocycles. The number of carbonyl (C=O) groups is 1. The van der Waals surface area contributed by atoms with Gasteiger partial charge in [-0.25, -0.2) is 4.79 Å². The predicted octanol–water partition coefficient (Wildman–Crippen LogP) is 3.36. The molecule has 0 radical (unpaired) electrons. The summed E-state index contributed by atoms with van der Waals surface area (Å²) in [6, 6.07) is 3.21. The molecule has 0 aromatic heterocycles. The molecule has 0 aliphatic carbocycles. The van der Waals surface area contributed by atoms with Gasteiger partial charge in [0.1, 0.15) is 5.75 Å². The zero-order chi connectivity index (χ0) is 12.8. The summed E-state index contributed by atoms with van der Waals surface area (Å²) in [6.45, 7) is 6.12. The van der Waals surface area contributed by atoms with Crippen molar-refractivity contribution in [3.63, 3.8) is 0 Å². The minimum atomic E-state index is -0.449. The monoisotopic (exact) mass is 237 g/mol. The van der Waals surface area contributed by atoms with Crippen LogP contribution in [0.1, 0.15) is 30.9 Å². The fraction of sp³-hybridized carbons (Fsp3) is 0.462.